The number of likely N-dealkylation sites (N-methyl/N-ethyl adjacent to an activating group) is 1. The lowest BCUT2D eigenvalue weighted by Crippen LogP contribution is -2.39. The lowest BCUT2D eigenvalue weighted by Gasteiger charge is -2.16. The second kappa shape index (κ2) is 8.49. The van der Waals surface area contributed by atoms with Gasteiger partial charge in [-0.15, -0.1) is 0 Å². The van der Waals surface area contributed by atoms with Crippen molar-refractivity contribution in [3.8, 4) is 0 Å². The molecule has 2 amide bonds. The van der Waals surface area contributed by atoms with Crippen molar-refractivity contribution in [3.63, 3.8) is 0 Å². The van der Waals surface area contributed by atoms with E-state index in [-0.39, 0.29) is 24.9 Å². The molecule has 0 atom stereocenters. The van der Waals surface area contributed by atoms with Gasteiger partial charge in [0.2, 0.25) is 11.8 Å². The Balaban J connectivity index is 2.44. The van der Waals surface area contributed by atoms with Gasteiger partial charge < -0.3 is 16.4 Å². The molecule has 0 aliphatic carbocycles. The molecule has 4 N–H and O–H groups in total. The average molecular weight is 313 g/mol. The lowest BCUT2D eigenvalue weighted by atomic mass is 10.3. The molecule has 0 radical (unpaired) electrons. The molecule has 0 aliphatic heterocycles. The number of carbonyl (C=O) groups excluding carboxylic acids is 2. The zero-order valence-corrected chi connectivity index (χ0v) is 13.0. The fraction of sp³-hybridized carbons (Fsp3) is 0.429. The summed E-state index contributed by atoms with van der Waals surface area (Å²) in [6.45, 7) is 2.89. The molecule has 116 valence electrons. The van der Waals surface area contributed by atoms with Gasteiger partial charge >= 0.3 is 0 Å². The van der Waals surface area contributed by atoms with Crippen molar-refractivity contribution < 1.29 is 9.59 Å². The highest BCUT2D eigenvalue weighted by molar-refractivity contribution is 6.34. The van der Waals surface area contributed by atoms with Crippen LogP contribution in [-0.2, 0) is 9.59 Å². The number of hydrogen-bond acceptors (Lipinski definition) is 4. The van der Waals surface area contributed by atoms with Gasteiger partial charge in [0.25, 0.3) is 0 Å². The summed E-state index contributed by atoms with van der Waals surface area (Å²) in [5.41, 5.74) is 6.61. The summed E-state index contributed by atoms with van der Waals surface area (Å²) in [7, 11) is 1.70. The molecular formula is C14H21ClN4O2. The summed E-state index contributed by atoms with van der Waals surface area (Å²) < 4.78 is 0. The van der Waals surface area contributed by atoms with E-state index in [2.05, 4.69) is 10.6 Å². The van der Waals surface area contributed by atoms with Crippen LogP contribution in [0, 0.1) is 0 Å². The first-order chi connectivity index (χ1) is 9.92. The molecule has 1 rings (SSSR count). The van der Waals surface area contributed by atoms with Crippen LogP contribution in [0.2, 0.25) is 5.02 Å². The largest absolute Gasteiger partial charge is 0.399 e. The number of benzene rings is 1. The lowest BCUT2D eigenvalue weighted by molar-refractivity contribution is -0.122. The number of nitrogen functional groups attached to an aromatic ring is 1. The first-order valence-corrected chi connectivity index (χ1v) is 7.10. The molecule has 0 fully saturated rings. The third-order valence-corrected chi connectivity index (χ3v) is 2.98. The quantitative estimate of drug-likeness (QED) is 0.663. The van der Waals surface area contributed by atoms with E-state index in [0.717, 1.165) is 6.42 Å². The summed E-state index contributed by atoms with van der Waals surface area (Å²) in [6, 6.07) is 4.87. The maximum Gasteiger partial charge on any atom is 0.238 e. The highest BCUT2D eigenvalue weighted by Crippen LogP contribution is 2.23. The Morgan fingerprint density at radius 1 is 1.29 bits per heavy atom. The number of nitrogens with two attached hydrogens (primary N) is 1. The Morgan fingerprint density at radius 2 is 1.95 bits per heavy atom. The third-order valence-electron chi connectivity index (χ3n) is 2.67. The Kier molecular flexibility index (Phi) is 6.98. The van der Waals surface area contributed by atoms with Crippen molar-refractivity contribution in [3.05, 3.63) is 23.2 Å². The minimum Gasteiger partial charge on any atom is -0.399 e. The SMILES string of the molecule is CCCNC(=O)CN(C)CC(=O)Nc1ccc(N)cc1Cl. The predicted molar refractivity (Wildman–Crippen MR) is 85.3 cm³/mol. The van der Waals surface area contributed by atoms with E-state index in [1.54, 1.807) is 30.1 Å². The topological polar surface area (TPSA) is 87.5 Å². The van der Waals surface area contributed by atoms with Crippen LogP contribution in [0.25, 0.3) is 0 Å². The summed E-state index contributed by atoms with van der Waals surface area (Å²) in [5.74, 6) is -0.342. The van der Waals surface area contributed by atoms with Gasteiger partial charge in [0.1, 0.15) is 0 Å². The van der Waals surface area contributed by atoms with Crippen LogP contribution in [0.1, 0.15) is 13.3 Å². The first-order valence-electron chi connectivity index (χ1n) is 6.72. The second-order valence-corrected chi connectivity index (χ2v) is 5.22. The molecule has 1 aromatic carbocycles. The van der Waals surface area contributed by atoms with Crippen LogP contribution in [0.3, 0.4) is 0 Å². The number of nitrogens with zero attached hydrogens (tertiary/aromatic N) is 1. The zero-order valence-electron chi connectivity index (χ0n) is 12.3. The standard InChI is InChI=1S/C14H21ClN4O2/c1-3-6-17-13(20)8-19(2)9-14(21)18-12-5-4-10(16)7-11(12)15/h4-5,7H,3,6,8-9,16H2,1-2H3,(H,17,20)(H,18,21). The van der Waals surface area contributed by atoms with Crippen molar-refractivity contribution in [2.45, 2.75) is 13.3 Å². The number of carbonyl (C=O) groups is 2. The molecule has 0 saturated heterocycles. The van der Waals surface area contributed by atoms with Crippen molar-refractivity contribution in [1.29, 1.82) is 0 Å². The Labute approximate surface area is 129 Å². The van der Waals surface area contributed by atoms with E-state index >= 15 is 0 Å². The van der Waals surface area contributed by atoms with E-state index in [9.17, 15) is 9.59 Å². The fourth-order valence-electron chi connectivity index (χ4n) is 1.69. The first kappa shape index (κ1) is 17.3. The van der Waals surface area contributed by atoms with Gasteiger partial charge in [0.15, 0.2) is 0 Å². The molecule has 0 heterocycles. The van der Waals surface area contributed by atoms with Gasteiger partial charge in [-0.3, -0.25) is 14.5 Å². The Bertz CT molecular complexity index is 508. The highest BCUT2D eigenvalue weighted by Gasteiger charge is 2.11. The van der Waals surface area contributed by atoms with Crippen LogP contribution in [0.5, 0.6) is 0 Å². The normalized spacial score (nSPS) is 10.5. The van der Waals surface area contributed by atoms with Crippen molar-refractivity contribution in [2.24, 2.45) is 0 Å². The Hall–Kier alpha value is -1.79. The number of halogens is 1. The molecule has 0 aromatic heterocycles. The Morgan fingerprint density at radius 3 is 2.57 bits per heavy atom. The molecule has 1 aromatic rings. The number of amides is 2. The van der Waals surface area contributed by atoms with E-state index in [1.807, 2.05) is 6.92 Å². The minimum atomic E-state index is -0.243. The van der Waals surface area contributed by atoms with Gasteiger partial charge in [-0.25, -0.2) is 0 Å². The summed E-state index contributed by atoms with van der Waals surface area (Å²) in [6.07, 6.45) is 0.881. The number of nitrogens with one attached hydrogen (secondary N) is 2. The maximum atomic E-state index is 11.9. The second-order valence-electron chi connectivity index (χ2n) is 4.81. The van der Waals surface area contributed by atoms with Crippen LogP contribution in [0.4, 0.5) is 11.4 Å². The number of hydrogen-bond donors (Lipinski definition) is 3. The van der Waals surface area contributed by atoms with Crippen LogP contribution in [0.15, 0.2) is 18.2 Å². The molecule has 0 unspecified atom stereocenters. The number of rotatable bonds is 7. The number of anilines is 2. The average Bonchev–Trinajstić information content (AvgIpc) is 2.39. The summed E-state index contributed by atoms with van der Waals surface area (Å²) in [5, 5.41) is 5.82. The molecule has 0 spiro atoms. The molecule has 0 aliphatic rings. The van der Waals surface area contributed by atoms with Crippen molar-refractivity contribution in [2.75, 3.05) is 37.7 Å². The van der Waals surface area contributed by atoms with Crippen molar-refractivity contribution in [1.82, 2.24) is 10.2 Å². The van der Waals surface area contributed by atoms with E-state index < -0.39 is 0 Å². The van der Waals surface area contributed by atoms with Gasteiger partial charge in [-0.05, 0) is 31.7 Å². The minimum absolute atomic E-state index is 0.0975. The van der Waals surface area contributed by atoms with E-state index in [1.165, 1.54) is 0 Å². The van der Waals surface area contributed by atoms with Gasteiger partial charge in [0.05, 0.1) is 23.8 Å². The van der Waals surface area contributed by atoms with Crippen LogP contribution in [-0.4, -0.2) is 43.4 Å². The molecular weight excluding hydrogens is 292 g/mol. The van der Waals surface area contributed by atoms with E-state index in [4.69, 9.17) is 17.3 Å². The zero-order chi connectivity index (χ0) is 15.8. The molecule has 7 heteroatoms. The van der Waals surface area contributed by atoms with Gasteiger partial charge in [0, 0.05) is 12.2 Å². The van der Waals surface area contributed by atoms with Crippen LogP contribution < -0.4 is 16.4 Å². The summed E-state index contributed by atoms with van der Waals surface area (Å²) >= 11 is 5.98. The van der Waals surface area contributed by atoms with Gasteiger partial charge in [-0.2, -0.15) is 0 Å². The third kappa shape index (κ3) is 6.46. The highest BCUT2D eigenvalue weighted by atomic mass is 35.5. The molecule has 0 bridgehead atoms. The molecule has 0 saturated carbocycles. The predicted octanol–water partition coefficient (Wildman–Crippen LogP) is 1.32. The monoisotopic (exact) mass is 312 g/mol. The smallest absolute Gasteiger partial charge is 0.238 e. The van der Waals surface area contributed by atoms with E-state index in [0.29, 0.717) is 22.9 Å². The van der Waals surface area contributed by atoms with Gasteiger partial charge in [-0.1, -0.05) is 18.5 Å². The molecule has 21 heavy (non-hydrogen) atoms. The molecule has 6 nitrogen and oxygen atoms in total. The maximum absolute atomic E-state index is 11.9. The van der Waals surface area contributed by atoms with Crippen molar-refractivity contribution >= 4 is 34.8 Å². The fourth-order valence-corrected chi connectivity index (χ4v) is 1.93. The van der Waals surface area contributed by atoms with Crippen LogP contribution >= 0.6 is 11.6 Å². The summed E-state index contributed by atoms with van der Waals surface area (Å²) in [4.78, 5) is 25.0.